The van der Waals surface area contributed by atoms with Crippen LogP contribution in [0.5, 0.6) is 0 Å². The molecule has 140 valence electrons. The highest BCUT2D eigenvalue weighted by Crippen LogP contribution is 2.43. The Morgan fingerprint density at radius 2 is 1.79 bits per heavy atom. The van der Waals surface area contributed by atoms with Crippen molar-refractivity contribution < 1.29 is 14.3 Å². The standard InChI is InChI=1S/C22H18FN3O2/c1-13-16(22(27)28)7-8-17(23)18(13)20-19(14-9-11-24-12-10-14)25-21(26-20)15-5-3-2-4-6-15/h2-13,18H,1H3,(H,25,26)(H,27,28). The Kier molecular flexibility index (Phi) is 4.61. The number of aromatic amines is 1. The minimum atomic E-state index is -1.05. The lowest BCUT2D eigenvalue weighted by atomic mass is 9.79. The van der Waals surface area contributed by atoms with Crippen LogP contribution in [0.15, 0.2) is 78.4 Å². The molecule has 2 aromatic heterocycles. The van der Waals surface area contributed by atoms with Gasteiger partial charge in [-0.2, -0.15) is 0 Å². The van der Waals surface area contributed by atoms with Gasteiger partial charge in [0, 0.05) is 35.0 Å². The number of aliphatic carboxylic acids is 1. The third-order valence-corrected chi connectivity index (χ3v) is 5.00. The molecule has 5 nitrogen and oxygen atoms in total. The van der Waals surface area contributed by atoms with Crippen LogP contribution in [0.1, 0.15) is 18.5 Å². The van der Waals surface area contributed by atoms with E-state index < -0.39 is 23.6 Å². The molecule has 0 spiro atoms. The Bertz CT molecular complexity index is 1070. The molecule has 28 heavy (non-hydrogen) atoms. The summed E-state index contributed by atoms with van der Waals surface area (Å²) in [5, 5.41) is 9.48. The van der Waals surface area contributed by atoms with E-state index in [1.165, 1.54) is 12.2 Å². The largest absolute Gasteiger partial charge is 0.478 e. The van der Waals surface area contributed by atoms with Gasteiger partial charge in [0.05, 0.1) is 17.3 Å². The van der Waals surface area contributed by atoms with Gasteiger partial charge in [-0.1, -0.05) is 37.3 Å². The maximum atomic E-state index is 14.9. The van der Waals surface area contributed by atoms with Gasteiger partial charge < -0.3 is 10.1 Å². The van der Waals surface area contributed by atoms with Gasteiger partial charge in [-0.05, 0) is 24.3 Å². The number of pyridine rings is 1. The first-order valence-electron chi connectivity index (χ1n) is 8.92. The molecule has 2 unspecified atom stereocenters. The van der Waals surface area contributed by atoms with Crippen molar-refractivity contribution in [2.45, 2.75) is 12.8 Å². The van der Waals surface area contributed by atoms with Crippen LogP contribution < -0.4 is 0 Å². The summed E-state index contributed by atoms with van der Waals surface area (Å²) in [4.78, 5) is 23.6. The van der Waals surface area contributed by atoms with E-state index in [0.29, 0.717) is 17.2 Å². The monoisotopic (exact) mass is 375 g/mol. The SMILES string of the molecule is CC1C(C(=O)O)=CC=C(F)C1c1[nH]c(-c2ccccc2)nc1-c1ccncc1. The second kappa shape index (κ2) is 7.23. The minimum absolute atomic E-state index is 0.169. The van der Waals surface area contributed by atoms with E-state index in [9.17, 15) is 14.3 Å². The molecule has 0 bridgehead atoms. The van der Waals surface area contributed by atoms with Crippen molar-refractivity contribution in [3.05, 3.63) is 84.1 Å². The van der Waals surface area contributed by atoms with Crippen molar-refractivity contribution in [1.29, 1.82) is 0 Å². The van der Waals surface area contributed by atoms with E-state index in [-0.39, 0.29) is 5.57 Å². The van der Waals surface area contributed by atoms with Crippen LogP contribution >= 0.6 is 0 Å². The first kappa shape index (κ1) is 17.9. The van der Waals surface area contributed by atoms with Gasteiger partial charge >= 0.3 is 5.97 Å². The van der Waals surface area contributed by atoms with Gasteiger partial charge in [0.25, 0.3) is 0 Å². The number of nitrogens with zero attached hydrogens (tertiary/aromatic N) is 2. The van der Waals surface area contributed by atoms with Crippen molar-refractivity contribution >= 4 is 5.97 Å². The number of imidazole rings is 1. The topological polar surface area (TPSA) is 78.9 Å². The fourth-order valence-electron chi connectivity index (χ4n) is 3.57. The van der Waals surface area contributed by atoms with Crippen molar-refractivity contribution in [2.75, 3.05) is 0 Å². The smallest absolute Gasteiger partial charge is 0.331 e. The number of carboxylic acid groups (broad SMARTS) is 1. The first-order chi connectivity index (χ1) is 13.6. The van der Waals surface area contributed by atoms with Crippen LogP contribution in [-0.4, -0.2) is 26.0 Å². The number of carboxylic acids is 1. The molecule has 0 aliphatic heterocycles. The van der Waals surface area contributed by atoms with Crippen molar-refractivity contribution in [3.63, 3.8) is 0 Å². The number of aromatic nitrogens is 3. The first-order valence-corrected chi connectivity index (χ1v) is 8.92. The molecular formula is C22H18FN3O2. The Labute approximate surface area is 161 Å². The van der Waals surface area contributed by atoms with Crippen molar-refractivity contribution in [3.8, 4) is 22.6 Å². The molecule has 1 aliphatic rings. The number of nitrogens with one attached hydrogen (secondary N) is 1. The van der Waals surface area contributed by atoms with Gasteiger partial charge in [-0.25, -0.2) is 14.2 Å². The summed E-state index contributed by atoms with van der Waals surface area (Å²) in [6.45, 7) is 1.72. The fraction of sp³-hybridized carbons (Fsp3) is 0.136. The van der Waals surface area contributed by atoms with E-state index >= 15 is 0 Å². The van der Waals surface area contributed by atoms with Gasteiger partial charge in [-0.15, -0.1) is 0 Å². The number of benzene rings is 1. The zero-order chi connectivity index (χ0) is 19.7. The van der Waals surface area contributed by atoms with Gasteiger partial charge in [-0.3, -0.25) is 4.98 Å². The molecule has 0 amide bonds. The highest BCUT2D eigenvalue weighted by atomic mass is 19.1. The van der Waals surface area contributed by atoms with Gasteiger partial charge in [0.15, 0.2) is 0 Å². The number of hydrogen-bond acceptors (Lipinski definition) is 3. The maximum Gasteiger partial charge on any atom is 0.331 e. The van der Waals surface area contributed by atoms with E-state index in [0.717, 1.165) is 11.1 Å². The summed E-state index contributed by atoms with van der Waals surface area (Å²) in [6, 6.07) is 13.1. The molecule has 4 rings (SSSR count). The van der Waals surface area contributed by atoms with E-state index in [2.05, 4.69) is 9.97 Å². The third-order valence-electron chi connectivity index (χ3n) is 5.00. The lowest BCUT2D eigenvalue weighted by molar-refractivity contribution is -0.133. The predicted molar refractivity (Wildman–Crippen MR) is 104 cm³/mol. The van der Waals surface area contributed by atoms with Gasteiger partial charge in [0.2, 0.25) is 0 Å². The number of rotatable bonds is 4. The molecule has 2 N–H and O–H groups in total. The zero-order valence-electron chi connectivity index (χ0n) is 15.1. The predicted octanol–water partition coefficient (Wildman–Crippen LogP) is 4.74. The summed E-state index contributed by atoms with van der Waals surface area (Å²) in [5.41, 5.74) is 2.97. The lowest BCUT2D eigenvalue weighted by Crippen LogP contribution is -2.21. The second-order valence-corrected chi connectivity index (χ2v) is 6.69. The van der Waals surface area contributed by atoms with E-state index in [1.807, 2.05) is 30.3 Å². The molecule has 3 aromatic rings. The zero-order valence-corrected chi connectivity index (χ0v) is 15.1. The number of H-pyrrole nitrogens is 1. The highest BCUT2D eigenvalue weighted by molar-refractivity contribution is 5.88. The third kappa shape index (κ3) is 3.13. The maximum absolute atomic E-state index is 14.9. The van der Waals surface area contributed by atoms with Crippen LogP contribution in [0.25, 0.3) is 22.6 Å². The highest BCUT2D eigenvalue weighted by Gasteiger charge is 2.35. The minimum Gasteiger partial charge on any atom is -0.478 e. The Morgan fingerprint density at radius 3 is 2.46 bits per heavy atom. The molecule has 6 heteroatoms. The second-order valence-electron chi connectivity index (χ2n) is 6.69. The normalized spacial score (nSPS) is 19.1. The van der Waals surface area contributed by atoms with Crippen LogP contribution in [0.2, 0.25) is 0 Å². The summed E-state index contributed by atoms with van der Waals surface area (Å²) in [5.74, 6) is -2.14. The molecule has 1 aliphatic carbocycles. The van der Waals surface area contributed by atoms with Crippen molar-refractivity contribution in [2.24, 2.45) is 5.92 Å². The fourth-order valence-corrected chi connectivity index (χ4v) is 3.57. The van der Waals surface area contributed by atoms with Gasteiger partial charge in [0.1, 0.15) is 11.7 Å². The van der Waals surface area contributed by atoms with E-state index in [4.69, 9.17) is 4.98 Å². The molecule has 0 saturated heterocycles. The lowest BCUT2D eigenvalue weighted by Gasteiger charge is -2.26. The molecule has 2 heterocycles. The van der Waals surface area contributed by atoms with Crippen LogP contribution in [0.4, 0.5) is 4.39 Å². The van der Waals surface area contributed by atoms with Crippen molar-refractivity contribution in [1.82, 2.24) is 15.0 Å². The number of carbonyl (C=O) groups is 1. The molecular weight excluding hydrogens is 357 g/mol. The number of halogens is 1. The van der Waals surface area contributed by atoms with E-state index in [1.54, 1.807) is 31.5 Å². The quantitative estimate of drug-likeness (QED) is 0.691. The van der Waals surface area contributed by atoms with Crippen LogP contribution in [0, 0.1) is 5.92 Å². The average molecular weight is 375 g/mol. The summed E-state index contributed by atoms with van der Waals surface area (Å²) in [6.07, 6.45) is 5.86. The molecule has 2 atom stereocenters. The summed E-state index contributed by atoms with van der Waals surface area (Å²) >= 11 is 0. The van der Waals surface area contributed by atoms with Crippen LogP contribution in [0.3, 0.4) is 0 Å². The Hall–Kier alpha value is -3.54. The molecule has 0 fully saturated rings. The molecule has 0 saturated carbocycles. The number of allylic oxidation sites excluding steroid dienone is 3. The Balaban J connectivity index is 1.88. The Morgan fingerprint density at radius 1 is 1.07 bits per heavy atom. The molecule has 1 aromatic carbocycles. The molecule has 0 radical (unpaired) electrons. The average Bonchev–Trinajstić information content (AvgIpc) is 3.14. The summed E-state index contributed by atoms with van der Waals surface area (Å²) < 4.78 is 14.9. The summed E-state index contributed by atoms with van der Waals surface area (Å²) in [7, 11) is 0. The van der Waals surface area contributed by atoms with Crippen LogP contribution in [-0.2, 0) is 4.79 Å². The number of hydrogen-bond donors (Lipinski definition) is 2.